The van der Waals surface area contributed by atoms with Gasteiger partial charge in [0, 0.05) is 20.6 Å². The second-order valence-corrected chi connectivity index (χ2v) is 8.21. The lowest BCUT2D eigenvalue weighted by atomic mass is 9.89. The number of rotatable bonds is 6. The molecule has 2 rings (SSSR count). The molecule has 6 heteroatoms. The first kappa shape index (κ1) is 15.5. The van der Waals surface area contributed by atoms with E-state index in [-0.39, 0.29) is 5.09 Å². The van der Waals surface area contributed by atoms with Gasteiger partial charge in [-0.25, -0.2) is 12.7 Å². The van der Waals surface area contributed by atoms with Crippen LogP contribution in [0.2, 0.25) is 0 Å². The number of nitrogens with zero attached hydrogens (tertiary/aromatic N) is 1. The van der Waals surface area contributed by atoms with E-state index in [1.54, 1.807) is 6.07 Å². The van der Waals surface area contributed by atoms with E-state index in [0.717, 1.165) is 10.8 Å². The second kappa shape index (κ2) is 5.87. The minimum atomic E-state index is -3.47. The average Bonchev–Trinajstić information content (AvgIpc) is 2.99. The molecule has 0 aliphatic heterocycles. The molecule has 1 aromatic rings. The molecule has 0 bridgehead atoms. The molecule has 0 unspecified atom stereocenters. The van der Waals surface area contributed by atoms with Crippen molar-refractivity contribution in [2.75, 3.05) is 20.6 Å². The van der Waals surface area contributed by atoms with Crippen molar-refractivity contribution in [3.63, 3.8) is 0 Å². The maximum Gasteiger partial charge on any atom is 0.275 e. The van der Waals surface area contributed by atoms with Gasteiger partial charge in [0.2, 0.25) is 5.09 Å². The van der Waals surface area contributed by atoms with E-state index in [4.69, 9.17) is 4.42 Å². The molecule has 0 spiro atoms. The molecule has 0 atom stereocenters. The normalized spacial score (nSPS) is 18.8. The van der Waals surface area contributed by atoms with Gasteiger partial charge >= 0.3 is 0 Å². The fourth-order valence-corrected chi connectivity index (χ4v) is 3.48. The highest BCUT2D eigenvalue weighted by atomic mass is 32.2. The molecule has 114 valence electrons. The molecule has 0 saturated heterocycles. The van der Waals surface area contributed by atoms with E-state index >= 15 is 0 Å². The molecule has 1 aliphatic carbocycles. The van der Waals surface area contributed by atoms with Gasteiger partial charge in [-0.2, -0.15) is 0 Å². The molecule has 1 heterocycles. The summed E-state index contributed by atoms with van der Waals surface area (Å²) in [7, 11) is -0.476. The van der Waals surface area contributed by atoms with E-state index in [0.29, 0.717) is 17.7 Å². The summed E-state index contributed by atoms with van der Waals surface area (Å²) in [6.45, 7) is 3.82. The Kier molecular flexibility index (Phi) is 4.56. The summed E-state index contributed by atoms with van der Waals surface area (Å²) in [6.07, 6.45) is 5.14. The SMILES string of the molecule is CN(C)S(=O)(=O)c1ccc(CNCC2(C)CCCC2)o1. The quantitative estimate of drug-likeness (QED) is 0.875. The fourth-order valence-electron chi connectivity index (χ4n) is 2.66. The molecule has 1 saturated carbocycles. The highest BCUT2D eigenvalue weighted by molar-refractivity contribution is 7.88. The van der Waals surface area contributed by atoms with E-state index < -0.39 is 10.0 Å². The fraction of sp³-hybridized carbons (Fsp3) is 0.714. The zero-order chi connectivity index (χ0) is 14.8. The lowest BCUT2D eigenvalue weighted by Crippen LogP contribution is -2.29. The Morgan fingerprint density at radius 2 is 1.95 bits per heavy atom. The van der Waals surface area contributed by atoms with Crippen molar-refractivity contribution in [3.8, 4) is 0 Å². The van der Waals surface area contributed by atoms with E-state index in [1.807, 2.05) is 0 Å². The monoisotopic (exact) mass is 300 g/mol. The lowest BCUT2D eigenvalue weighted by Gasteiger charge is -2.23. The van der Waals surface area contributed by atoms with Crippen LogP contribution in [0.4, 0.5) is 0 Å². The summed E-state index contributed by atoms with van der Waals surface area (Å²) < 4.78 is 30.4. The molecule has 20 heavy (non-hydrogen) atoms. The highest BCUT2D eigenvalue weighted by Crippen LogP contribution is 2.36. The third-order valence-electron chi connectivity index (χ3n) is 4.03. The smallest absolute Gasteiger partial charge is 0.275 e. The number of sulfonamides is 1. The minimum Gasteiger partial charge on any atom is -0.447 e. The Hall–Kier alpha value is -0.850. The molecule has 0 radical (unpaired) electrons. The Bertz CT molecular complexity index is 543. The summed E-state index contributed by atoms with van der Waals surface area (Å²) in [6, 6.07) is 3.24. The van der Waals surface area contributed by atoms with Gasteiger partial charge in [0.05, 0.1) is 6.54 Å². The van der Waals surface area contributed by atoms with Gasteiger partial charge in [0.25, 0.3) is 10.0 Å². The number of hydrogen-bond acceptors (Lipinski definition) is 4. The van der Waals surface area contributed by atoms with Crippen molar-refractivity contribution in [2.45, 2.75) is 44.2 Å². The van der Waals surface area contributed by atoms with Crippen molar-refractivity contribution >= 4 is 10.0 Å². The van der Waals surface area contributed by atoms with Gasteiger partial charge in [-0.05, 0) is 30.4 Å². The molecule has 1 N–H and O–H groups in total. The van der Waals surface area contributed by atoms with Crippen LogP contribution in [0, 0.1) is 5.41 Å². The second-order valence-electron chi connectivity index (χ2n) is 6.13. The standard InChI is InChI=1S/C14H24N2O3S/c1-14(8-4-5-9-14)11-15-10-12-6-7-13(19-12)20(17,18)16(2)3/h6-7,15H,4-5,8-11H2,1-3H3. The maximum absolute atomic E-state index is 11.9. The number of nitrogens with one attached hydrogen (secondary N) is 1. The van der Waals surface area contributed by atoms with Gasteiger partial charge in [-0.15, -0.1) is 0 Å². The third kappa shape index (κ3) is 3.42. The van der Waals surface area contributed by atoms with Crippen molar-refractivity contribution in [3.05, 3.63) is 17.9 Å². The summed E-state index contributed by atoms with van der Waals surface area (Å²) in [5, 5.41) is 3.38. The Morgan fingerprint density at radius 1 is 1.30 bits per heavy atom. The molecular weight excluding hydrogens is 276 g/mol. The van der Waals surface area contributed by atoms with Gasteiger partial charge < -0.3 is 9.73 Å². The van der Waals surface area contributed by atoms with Crippen LogP contribution in [0.3, 0.4) is 0 Å². The van der Waals surface area contributed by atoms with Gasteiger partial charge in [-0.3, -0.25) is 0 Å². The van der Waals surface area contributed by atoms with Crippen LogP contribution < -0.4 is 5.32 Å². The van der Waals surface area contributed by atoms with Crippen molar-refractivity contribution in [1.82, 2.24) is 9.62 Å². The first-order valence-corrected chi connectivity index (χ1v) is 8.49. The number of hydrogen-bond donors (Lipinski definition) is 1. The van der Waals surface area contributed by atoms with E-state index in [1.165, 1.54) is 45.8 Å². The molecular formula is C14H24N2O3S. The largest absolute Gasteiger partial charge is 0.447 e. The lowest BCUT2D eigenvalue weighted by molar-refractivity contribution is 0.304. The third-order valence-corrected chi connectivity index (χ3v) is 5.72. The van der Waals surface area contributed by atoms with E-state index in [9.17, 15) is 8.42 Å². The minimum absolute atomic E-state index is 0.00591. The predicted molar refractivity (Wildman–Crippen MR) is 77.9 cm³/mol. The van der Waals surface area contributed by atoms with Gasteiger partial charge in [0.1, 0.15) is 5.76 Å². The van der Waals surface area contributed by atoms with Crippen LogP contribution >= 0.6 is 0 Å². The zero-order valence-corrected chi connectivity index (χ0v) is 13.3. The maximum atomic E-state index is 11.9. The van der Waals surface area contributed by atoms with Gasteiger partial charge in [0.15, 0.2) is 0 Å². The van der Waals surface area contributed by atoms with Crippen LogP contribution in [0.1, 0.15) is 38.4 Å². The van der Waals surface area contributed by atoms with Crippen LogP contribution in [0.25, 0.3) is 0 Å². The predicted octanol–water partition coefficient (Wildman–Crippen LogP) is 2.20. The molecule has 0 aromatic carbocycles. The first-order chi connectivity index (χ1) is 9.33. The van der Waals surface area contributed by atoms with Crippen molar-refractivity contribution in [2.24, 2.45) is 5.41 Å². The van der Waals surface area contributed by atoms with Crippen LogP contribution in [0.5, 0.6) is 0 Å². The molecule has 5 nitrogen and oxygen atoms in total. The Labute approximate surface area is 121 Å². The zero-order valence-electron chi connectivity index (χ0n) is 12.5. The molecule has 1 aromatic heterocycles. The van der Waals surface area contributed by atoms with E-state index in [2.05, 4.69) is 12.2 Å². The van der Waals surface area contributed by atoms with Crippen LogP contribution in [0.15, 0.2) is 21.6 Å². The Balaban J connectivity index is 1.90. The van der Waals surface area contributed by atoms with Crippen molar-refractivity contribution < 1.29 is 12.8 Å². The molecule has 1 fully saturated rings. The van der Waals surface area contributed by atoms with Crippen molar-refractivity contribution in [1.29, 1.82) is 0 Å². The first-order valence-electron chi connectivity index (χ1n) is 7.05. The highest BCUT2D eigenvalue weighted by Gasteiger charge is 2.28. The summed E-state index contributed by atoms with van der Waals surface area (Å²) in [5.41, 5.74) is 0.380. The summed E-state index contributed by atoms with van der Waals surface area (Å²) in [4.78, 5) is 0. The average molecular weight is 300 g/mol. The molecule has 1 aliphatic rings. The number of furan rings is 1. The Morgan fingerprint density at radius 3 is 2.55 bits per heavy atom. The topological polar surface area (TPSA) is 62.6 Å². The van der Waals surface area contributed by atoms with Gasteiger partial charge in [-0.1, -0.05) is 19.8 Å². The molecule has 0 amide bonds. The van der Waals surface area contributed by atoms with Crippen LogP contribution in [-0.2, 0) is 16.6 Å². The summed E-state index contributed by atoms with van der Waals surface area (Å²) >= 11 is 0. The van der Waals surface area contributed by atoms with Crippen LogP contribution in [-0.4, -0.2) is 33.4 Å². The summed E-state index contributed by atoms with van der Waals surface area (Å²) in [5.74, 6) is 0.659.